The van der Waals surface area contributed by atoms with Gasteiger partial charge in [0.2, 0.25) is 0 Å². The zero-order valence-electron chi connectivity index (χ0n) is 15.4. The molecule has 1 atom stereocenters. The molecule has 0 fully saturated rings. The molecule has 0 heterocycles. The molecule has 0 bridgehead atoms. The molecule has 0 saturated heterocycles. The van der Waals surface area contributed by atoms with Gasteiger partial charge >= 0.3 is 5.97 Å². The van der Waals surface area contributed by atoms with Gasteiger partial charge < -0.3 is 19.1 Å². The van der Waals surface area contributed by atoms with Gasteiger partial charge in [0.25, 0.3) is 5.91 Å². The quantitative estimate of drug-likeness (QED) is 0.713. The van der Waals surface area contributed by atoms with Crippen molar-refractivity contribution in [3.05, 3.63) is 59.7 Å². The van der Waals surface area contributed by atoms with Gasteiger partial charge in [-0.25, -0.2) is 4.79 Å². The van der Waals surface area contributed by atoms with Gasteiger partial charge in [0, 0.05) is 13.1 Å². The Balaban J connectivity index is 1.99. The molecule has 0 aliphatic rings. The number of carbonyl (C=O) groups is 2. The average Bonchev–Trinajstić information content (AvgIpc) is 2.70. The summed E-state index contributed by atoms with van der Waals surface area (Å²) in [6.45, 7) is 1.57. The largest absolute Gasteiger partial charge is 0.497 e. The molecule has 2 rings (SSSR count). The zero-order valence-corrected chi connectivity index (χ0v) is 15.4. The van der Waals surface area contributed by atoms with Crippen molar-refractivity contribution in [2.24, 2.45) is 0 Å². The van der Waals surface area contributed by atoms with E-state index in [-0.39, 0.29) is 24.1 Å². The Morgan fingerprint density at radius 3 is 2.35 bits per heavy atom. The summed E-state index contributed by atoms with van der Waals surface area (Å²) in [6.07, 6.45) is 0. The maximum atomic E-state index is 12.3. The van der Waals surface area contributed by atoms with Gasteiger partial charge in [-0.2, -0.15) is 0 Å². The topological polar surface area (TPSA) is 65.1 Å². The summed E-state index contributed by atoms with van der Waals surface area (Å²) in [4.78, 5) is 26.2. The van der Waals surface area contributed by atoms with Crippen LogP contribution in [0.15, 0.2) is 48.5 Å². The van der Waals surface area contributed by atoms with Crippen molar-refractivity contribution < 1.29 is 23.8 Å². The van der Waals surface area contributed by atoms with E-state index in [4.69, 9.17) is 14.2 Å². The van der Waals surface area contributed by atoms with Crippen LogP contribution in [-0.2, 0) is 9.53 Å². The lowest BCUT2D eigenvalue weighted by atomic mass is 10.1. The van der Waals surface area contributed by atoms with Gasteiger partial charge in [-0.3, -0.25) is 4.79 Å². The first-order valence-electron chi connectivity index (χ1n) is 8.17. The van der Waals surface area contributed by atoms with E-state index in [0.717, 1.165) is 5.56 Å². The van der Waals surface area contributed by atoms with Crippen LogP contribution in [-0.4, -0.2) is 44.7 Å². The minimum Gasteiger partial charge on any atom is -0.497 e. The molecule has 1 amide bonds. The van der Waals surface area contributed by atoms with Crippen molar-refractivity contribution in [3.8, 4) is 11.5 Å². The lowest BCUT2D eigenvalue weighted by Gasteiger charge is -2.25. The number of benzene rings is 2. The number of amides is 1. The fourth-order valence-corrected chi connectivity index (χ4v) is 2.45. The zero-order chi connectivity index (χ0) is 19.1. The normalized spacial score (nSPS) is 11.4. The number of hydrogen-bond acceptors (Lipinski definition) is 5. The summed E-state index contributed by atoms with van der Waals surface area (Å²) in [6, 6.07) is 14.3. The molecule has 2 aromatic rings. The Labute approximate surface area is 153 Å². The van der Waals surface area contributed by atoms with Crippen molar-refractivity contribution in [2.75, 3.05) is 27.9 Å². The SMILES string of the molecule is COc1ccc(C(=O)OCC(=O)N(C)C(C)c2ccccc2)c(OC)c1. The average molecular weight is 357 g/mol. The fourth-order valence-electron chi connectivity index (χ4n) is 2.45. The molecule has 26 heavy (non-hydrogen) atoms. The number of rotatable bonds is 7. The third-order valence-electron chi connectivity index (χ3n) is 4.21. The Hall–Kier alpha value is -3.02. The van der Waals surface area contributed by atoms with Gasteiger partial charge in [-0.05, 0) is 24.6 Å². The summed E-state index contributed by atoms with van der Waals surface area (Å²) in [7, 11) is 4.66. The van der Waals surface area contributed by atoms with Crippen molar-refractivity contribution in [1.29, 1.82) is 0 Å². The van der Waals surface area contributed by atoms with Gasteiger partial charge in [-0.1, -0.05) is 30.3 Å². The van der Waals surface area contributed by atoms with E-state index in [1.165, 1.54) is 14.2 Å². The summed E-state index contributed by atoms with van der Waals surface area (Å²) in [5, 5.41) is 0. The monoisotopic (exact) mass is 357 g/mol. The van der Waals surface area contributed by atoms with Crippen LogP contribution in [0.4, 0.5) is 0 Å². The van der Waals surface area contributed by atoms with E-state index in [1.807, 2.05) is 37.3 Å². The Morgan fingerprint density at radius 2 is 1.73 bits per heavy atom. The number of hydrogen-bond donors (Lipinski definition) is 0. The molecule has 0 aliphatic carbocycles. The van der Waals surface area contributed by atoms with Gasteiger partial charge in [-0.15, -0.1) is 0 Å². The van der Waals surface area contributed by atoms with Crippen LogP contribution < -0.4 is 9.47 Å². The first-order chi connectivity index (χ1) is 12.5. The second-order valence-electron chi connectivity index (χ2n) is 5.73. The molecule has 0 spiro atoms. The van der Waals surface area contributed by atoms with E-state index in [9.17, 15) is 9.59 Å². The van der Waals surface area contributed by atoms with E-state index >= 15 is 0 Å². The Morgan fingerprint density at radius 1 is 1.04 bits per heavy atom. The molecule has 6 heteroatoms. The molecule has 138 valence electrons. The van der Waals surface area contributed by atoms with Crippen LogP contribution in [0.2, 0.25) is 0 Å². The summed E-state index contributed by atoms with van der Waals surface area (Å²) in [5.74, 6) is -0.0282. The highest BCUT2D eigenvalue weighted by Crippen LogP contribution is 2.25. The van der Waals surface area contributed by atoms with Crippen molar-refractivity contribution in [1.82, 2.24) is 4.90 Å². The highest BCUT2D eigenvalue weighted by molar-refractivity contribution is 5.94. The maximum absolute atomic E-state index is 12.3. The second kappa shape index (κ2) is 8.89. The molecular formula is C20H23NO5. The number of esters is 1. The molecule has 6 nitrogen and oxygen atoms in total. The molecule has 0 saturated carbocycles. The van der Waals surface area contributed by atoms with E-state index in [0.29, 0.717) is 11.5 Å². The first-order valence-corrected chi connectivity index (χ1v) is 8.17. The number of carbonyl (C=O) groups excluding carboxylic acids is 2. The minimum absolute atomic E-state index is 0.127. The third kappa shape index (κ3) is 4.53. The van der Waals surface area contributed by atoms with Crippen LogP contribution >= 0.6 is 0 Å². The van der Waals surface area contributed by atoms with Crippen molar-refractivity contribution in [3.63, 3.8) is 0 Å². The minimum atomic E-state index is -0.626. The van der Waals surface area contributed by atoms with Crippen LogP contribution in [0.3, 0.4) is 0 Å². The highest BCUT2D eigenvalue weighted by Gasteiger charge is 2.20. The van der Waals surface area contributed by atoms with Crippen LogP contribution in [0.1, 0.15) is 28.9 Å². The lowest BCUT2D eigenvalue weighted by Crippen LogP contribution is -2.33. The van der Waals surface area contributed by atoms with E-state index in [1.54, 1.807) is 30.1 Å². The van der Waals surface area contributed by atoms with Crippen LogP contribution in [0.5, 0.6) is 11.5 Å². The summed E-state index contributed by atoms with van der Waals surface area (Å²) >= 11 is 0. The maximum Gasteiger partial charge on any atom is 0.342 e. The van der Waals surface area contributed by atoms with Crippen LogP contribution in [0, 0.1) is 0 Å². The number of methoxy groups -OCH3 is 2. The lowest BCUT2D eigenvalue weighted by molar-refractivity contribution is -0.135. The smallest absolute Gasteiger partial charge is 0.342 e. The van der Waals surface area contributed by atoms with E-state index in [2.05, 4.69) is 0 Å². The molecule has 0 aliphatic heterocycles. The van der Waals surface area contributed by atoms with Crippen LogP contribution in [0.25, 0.3) is 0 Å². The van der Waals surface area contributed by atoms with Gasteiger partial charge in [0.1, 0.15) is 17.1 Å². The number of nitrogens with zero attached hydrogens (tertiary/aromatic N) is 1. The molecule has 1 unspecified atom stereocenters. The Kier molecular flexibility index (Phi) is 6.60. The molecule has 0 N–H and O–H groups in total. The third-order valence-corrected chi connectivity index (χ3v) is 4.21. The predicted octanol–water partition coefficient (Wildman–Crippen LogP) is 3.08. The predicted molar refractivity (Wildman–Crippen MR) is 97.5 cm³/mol. The Bertz CT molecular complexity index is 760. The molecule has 0 aromatic heterocycles. The highest BCUT2D eigenvalue weighted by atomic mass is 16.5. The molecular weight excluding hydrogens is 334 g/mol. The number of ether oxygens (including phenoxy) is 3. The molecule has 0 radical (unpaired) electrons. The second-order valence-corrected chi connectivity index (χ2v) is 5.73. The first kappa shape index (κ1) is 19.3. The fraction of sp³-hybridized carbons (Fsp3) is 0.300. The number of likely N-dealkylation sites (N-methyl/N-ethyl adjacent to an activating group) is 1. The summed E-state index contributed by atoms with van der Waals surface area (Å²) in [5.41, 5.74) is 1.24. The standard InChI is InChI=1S/C20H23NO5/c1-14(15-8-6-5-7-9-15)21(2)19(22)13-26-20(23)17-11-10-16(24-3)12-18(17)25-4/h5-12,14H,13H2,1-4H3. The van der Waals surface area contributed by atoms with E-state index < -0.39 is 5.97 Å². The van der Waals surface area contributed by atoms with Crippen molar-refractivity contribution >= 4 is 11.9 Å². The van der Waals surface area contributed by atoms with Crippen molar-refractivity contribution in [2.45, 2.75) is 13.0 Å². The molecule has 2 aromatic carbocycles. The van der Waals surface area contributed by atoms with Gasteiger partial charge in [0.05, 0.1) is 20.3 Å². The van der Waals surface area contributed by atoms with Gasteiger partial charge in [0.15, 0.2) is 6.61 Å². The summed E-state index contributed by atoms with van der Waals surface area (Å²) < 4.78 is 15.4.